The van der Waals surface area contributed by atoms with Crippen molar-refractivity contribution < 1.29 is 0 Å². The zero-order valence-corrected chi connectivity index (χ0v) is 15.9. The minimum atomic E-state index is 0.138. The number of thiazole rings is 1. The van der Waals surface area contributed by atoms with Gasteiger partial charge in [0.2, 0.25) is 0 Å². The van der Waals surface area contributed by atoms with Gasteiger partial charge in [-0.1, -0.05) is 13.8 Å². The molecule has 3 nitrogen and oxygen atoms in total. The molecule has 0 radical (unpaired) electrons. The highest BCUT2D eigenvalue weighted by atomic mass is 32.1. The van der Waals surface area contributed by atoms with Gasteiger partial charge in [0.1, 0.15) is 0 Å². The van der Waals surface area contributed by atoms with Gasteiger partial charge in [-0.05, 0) is 53.9 Å². The summed E-state index contributed by atoms with van der Waals surface area (Å²) in [6.07, 6.45) is 1.14. The molecule has 0 aliphatic heterocycles. The topological polar surface area (TPSA) is 28.2 Å². The van der Waals surface area contributed by atoms with Crippen LogP contribution in [0.3, 0.4) is 0 Å². The van der Waals surface area contributed by atoms with Crippen molar-refractivity contribution in [1.29, 1.82) is 0 Å². The first-order valence-electron chi connectivity index (χ1n) is 8.20. The second-order valence-corrected chi connectivity index (χ2v) is 8.16. The van der Waals surface area contributed by atoms with E-state index in [0.29, 0.717) is 12.0 Å². The molecule has 0 aliphatic carbocycles. The predicted octanol–water partition coefficient (Wildman–Crippen LogP) is 4.78. The molecular weight excluding hydrogens is 278 g/mol. The van der Waals surface area contributed by atoms with E-state index in [-0.39, 0.29) is 5.54 Å². The van der Waals surface area contributed by atoms with Crippen molar-refractivity contribution >= 4 is 16.5 Å². The van der Waals surface area contributed by atoms with Gasteiger partial charge in [0.25, 0.3) is 0 Å². The molecule has 0 saturated carbocycles. The van der Waals surface area contributed by atoms with Crippen LogP contribution < -0.4 is 10.2 Å². The molecule has 4 heteroatoms. The molecule has 1 aromatic rings. The summed E-state index contributed by atoms with van der Waals surface area (Å²) in [6, 6.07) is 0.495. The summed E-state index contributed by atoms with van der Waals surface area (Å²) < 4.78 is 0. The van der Waals surface area contributed by atoms with E-state index in [0.717, 1.165) is 19.5 Å². The second kappa shape index (κ2) is 7.59. The molecule has 0 spiro atoms. The van der Waals surface area contributed by atoms with Crippen LogP contribution in [0.2, 0.25) is 0 Å². The van der Waals surface area contributed by atoms with Crippen molar-refractivity contribution in [3.63, 3.8) is 0 Å². The molecule has 21 heavy (non-hydrogen) atoms. The molecule has 122 valence electrons. The Morgan fingerprint density at radius 2 is 1.81 bits per heavy atom. The molecule has 0 fully saturated rings. The fourth-order valence-corrected chi connectivity index (χ4v) is 3.56. The van der Waals surface area contributed by atoms with Crippen LogP contribution in [0.4, 0.5) is 5.13 Å². The fraction of sp³-hybridized carbons (Fsp3) is 0.824. The number of hydrogen-bond donors (Lipinski definition) is 1. The summed E-state index contributed by atoms with van der Waals surface area (Å²) in [7, 11) is 0. The van der Waals surface area contributed by atoms with Crippen molar-refractivity contribution in [3.8, 4) is 0 Å². The van der Waals surface area contributed by atoms with E-state index < -0.39 is 0 Å². The molecule has 0 saturated heterocycles. The maximum absolute atomic E-state index is 4.98. The number of nitrogens with zero attached hydrogens (tertiary/aromatic N) is 2. The van der Waals surface area contributed by atoms with E-state index in [1.807, 2.05) is 11.3 Å². The third kappa shape index (κ3) is 5.26. The van der Waals surface area contributed by atoms with E-state index in [4.69, 9.17) is 4.98 Å². The van der Waals surface area contributed by atoms with Crippen LogP contribution in [-0.2, 0) is 6.54 Å². The van der Waals surface area contributed by atoms with Gasteiger partial charge in [-0.25, -0.2) is 4.98 Å². The summed E-state index contributed by atoms with van der Waals surface area (Å²) in [6.45, 7) is 19.8. The van der Waals surface area contributed by atoms with Gasteiger partial charge in [-0.15, -0.1) is 11.3 Å². The largest absolute Gasteiger partial charge is 0.346 e. The Balaban J connectivity index is 3.06. The zero-order chi connectivity index (χ0) is 16.2. The Morgan fingerprint density at radius 3 is 2.24 bits per heavy atom. The van der Waals surface area contributed by atoms with Gasteiger partial charge in [-0.3, -0.25) is 0 Å². The molecule has 1 aromatic heterocycles. The number of aromatic nitrogens is 1. The summed E-state index contributed by atoms with van der Waals surface area (Å²) in [5, 5.41) is 4.78. The van der Waals surface area contributed by atoms with Gasteiger partial charge in [-0.2, -0.15) is 0 Å². The van der Waals surface area contributed by atoms with Crippen molar-refractivity contribution in [2.45, 2.75) is 85.9 Å². The van der Waals surface area contributed by atoms with Crippen LogP contribution in [0.25, 0.3) is 0 Å². The lowest BCUT2D eigenvalue weighted by Gasteiger charge is -2.24. The van der Waals surface area contributed by atoms with Gasteiger partial charge in [0, 0.05) is 29.5 Å². The number of anilines is 1. The molecule has 0 amide bonds. The van der Waals surface area contributed by atoms with Crippen LogP contribution in [0.1, 0.15) is 78.3 Å². The third-order valence-electron chi connectivity index (χ3n) is 3.78. The molecule has 1 rings (SSSR count). The average Bonchev–Trinajstić information content (AvgIpc) is 2.79. The summed E-state index contributed by atoms with van der Waals surface area (Å²) in [4.78, 5) is 8.76. The van der Waals surface area contributed by atoms with Crippen molar-refractivity contribution in [2.75, 3.05) is 11.4 Å². The lowest BCUT2D eigenvalue weighted by atomic mass is 10.0. The van der Waals surface area contributed by atoms with Gasteiger partial charge in [0.15, 0.2) is 5.13 Å². The lowest BCUT2D eigenvalue weighted by Crippen LogP contribution is -2.35. The minimum absolute atomic E-state index is 0.138. The first-order valence-corrected chi connectivity index (χ1v) is 9.02. The molecule has 0 aliphatic rings. The van der Waals surface area contributed by atoms with Crippen molar-refractivity contribution in [3.05, 3.63) is 10.6 Å². The second-order valence-electron chi connectivity index (χ2n) is 7.10. The Kier molecular flexibility index (Phi) is 6.67. The standard InChI is InChI=1S/C17H33N3S/c1-9-13(5)15-14(11-18-17(6,7)8)21-16(19-15)20(10-2)12(3)4/h12-13,18H,9-11H2,1-8H3. The SMILES string of the molecule is CCC(C)c1nc(N(CC)C(C)C)sc1CNC(C)(C)C. The Bertz CT molecular complexity index is 432. The minimum Gasteiger partial charge on any atom is -0.346 e. The summed E-state index contributed by atoms with van der Waals surface area (Å²) >= 11 is 1.86. The van der Waals surface area contributed by atoms with E-state index in [1.54, 1.807) is 0 Å². The quantitative estimate of drug-likeness (QED) is 0.785. The van der Waals surface area contributed by atoms with E-state index in [9.17, 15) is 0 Å². The molecular formula is C17H33N3S. The molecule has 1 unspecified atom stereocenters. The Morgan fingerprint density at radius 1 is 1.19 bits per heavy atom. The normalized spacial score (nSPS) is 13.8. The third-order valence-corrected chi connectivity index (χ3v) is 4.89. The van der Waals surface area contributed by atoms with Gasteiger partial charge < -0.3 is 10.2 Å². The summed E-state index contributed by atoms with van der Waals surface area (Å²) in [5.74, 6) is 0.526. The van der Waals surface area contributed by atoms with E-state index in [2.05, 4.69) is 65.6 Å². The van der Waals surface area contributed by atoms with Crippen LogP contribution in [0.15, 0.2) is 0 Å². The fourth-order valence-electron chi connectivity index (χ4n) is 2.25. The van der Waals surface area contributed by atoms with Crippen LogP contribution in [-0.4, -0.2) is 23.1 Å². The number of hydrogen-bond acceptors (Lipinski definition) is 4. The van der Waals surface area contributed by atoms with E-state index in [1.165, 1.54) is 15.7 Å². The highest BCUT2D eigenvalue weighted by molar-refractivity contribution is 7.15. The number of rotatable bonds is 7. The van der Waals surface area contributed by atoms with Crippen molar-refractivity contribution in [1.82, 2.24) is 10.3 Å². The average molecular weight is 312 g/mol. The molecule has 1 N–H and O–H groups in total. The number of nitrogens with one attached hydrogen (secondary N) is 1. The molecule has 1 heterocycles. The van der Waals surface area contributed by atoms with Crippen LogP contribution in [0.5, 0.6) is 0 Å². The first-order chi connectivity index (χ1) is 9.69. The van der Waals surface area contributed by atoms with E-state index >= 15 is 0 Å². The molecule has 0 aromatic carbocycles. The monoisotopic (exact) mass is 311 g/mol. The van der Waals surface area contributed by atoms with Crippen LogP contribution in [0, 0.1) is 0 Å². The Hall–Kier alpha value is -0.610. The van der Waals surface area contributed by atoms with Gasteiger partial charge in [0.05, 0.1) is 5.69 Å². The highest BCUT2D eigenvalue weighted by Gasteiger charge is 2.21. The van der Waals surface area contributed by atoms with Crippen LogP contribution >= 0.6 is 11.3 Å². The first kappa shape index (κ1) is 18.4. The molecule has 1 atom stereocenters. The summed E-state index contributed by atoms with van der Waals surface area (Å²) in [5.41, 5.74) is 1.42. The van der Waals surface area contributed by atoms with Gasteiger partial charge >= 0.3 is 0 Å². The predicted molar refractivity (Wildman–Crippen MR) is 95.6 cm³/mol. The smallest absolute Gasteiger partial charge is 0.186 e. The zero-order valence-electron chi connectivity index (χ0n) is 15.1. The lowest BCUT2D eigenvalue weighted by molar-refractivity contribution is 0.424. The van der Waals surface area contributed by atoms with Crippen molar-refractivity contribution in [2.24, 2.45) is 0 Å². The maximum Gasteiger partial charge on any atom is 0.186 e. The highest BCUT2D eigenvalue weighted by Crippen LogP contribution is 2.33. The molecule has 0 bridgehead atoms. The maximum atomic E-state index is 4.98. The Labute approximate surface area is 135 Å².